The maximum atomic E-state index is 11.5. The molecular weight excluding hydrogens is 222 g/mol. The molecule has 16 heavy (non-hydrogen) atoms. The minimum absolute atomic E-state index is 0.300. The fraction of sp³-hybridized carbons (Fsp3) is 0.833. The molecule has 4 heteroatoms. The van der Waals surface area contributed by atoms with Gasteiger partial charge in [0.2, 0.25) is 0 Å². The van der Waals surface area contributed by atoms with Gasteiger partial charge in [0.1, 0.15) is 0 Å². The molecule has 2 atom stereocenters. The van der Waals surface area contributed by atoms with Crippen LogP contribution in [-0.2, 0) is 9.84 Å². The van der Waals surface area contributed by atoms with Crippen LogP contribution in [0.25, 0.3) is 0 Å². The van der Waals surface area contributed by atoms with E-state index in [4.69, 9.17) is 0 Å². The summed E-state index contributed by atoms with van der Waals surface area (Å²) in [4.78, 5) is 0. The molecule has 2 unspecified atom stereocenters. The summed E-state index contributed by atoms with van der Waals surface area (Å²) >= 11 is 0. The van der Waals surface area contributed by atoms with Gasteiger partial charge in [-0.2, -0.15) is 0 Å². The zero-order valence-electron chi connectivity index (χ0n) is 9.91. The first-order valence-electron chi connectivity index (χ1n) is 6.25. The third kappa shape index (κ3) is 2.66. The Morgan fingerprint density at radius 2 is 2.38 bits per heavy atom. The smallest absolute Gasteiger partial charge is 0.150 e. The fourth-order valence-corrected chi connectivity index (χ4v) is 4.73. The molecule has 0 spiro atoms. The molecule has 1 N–H and O–H groups in total. The molecule has 0 amide bonds. The Labute approximate surface area is 98.2 Å². The molecule has 0 radical (unpaired) electrons. The first kappa shape index (κ1) is 12.1. The molecule has 2 rings (SSSR count). The first-order chi connectivity index (χ1) is 7.62. The average molecular weight is 243 g/mol. The van der Waals surface area contributed by atoms with Crippen molar-refractivity contribution in [2.45, 2.75) is 38.6 Å². The minimum atomic E-state index is -2.76. The maximum Gasteiger partial charge on any atom is 0.150 e. The van der Waals surface area contributed by atoms with E-state index in [0.717, 1.165) is 25.8 Å². The molecular formula is C12H21NO2S. The molecule has 0 bridgehead atoms. The van der Waals surface area contributed by atoms with Gasteiger partial charge in [-0.05, 0) is 38.1 Å². The number of rotatable bonds is 4. The van der Waals surface area contributed by atoms with E-state index in [1.165, 1.54) is 12.0 Å². The van der Waals surface area contributed by atoms with Crippen LogP contribution in [0.1, 0.15) is 32.6 Å². The van der Waals surface area contributed by atoms with Crippen molar-refractivity contribution in [3.8, 4) is 0 Å². The van der Waals surface area contributed by atoms with Crippen LogP contribution in [0.2, 0.25) is 0 Å². The molecule has 1 aliphatic heterocycles. The van der Waals surface area contributed by atoms with Gasteiger partial charge in [-0.3, -0.25) is 0 Å². The van der Waals surface area contributed by atoms with E-state index >= 15 is 0 Å². The third-order valence-electron chi connectivity index (χ3n) is 3.64. The van der Waals surface area contributed by atoms with Crippen molar-refractivity contribution in [2.75, 3.05) is 18.1 Å². The predicted octanol–water partition coefficient (Wildman–Crippen LogP) is 1.51. The quantitative estimate of drug-likeness (QED) is 0.761. The summed E-state index contributed by atoms with van der Waals surface area (Å²) in [7, 11) is -2.76. The fourth-order valence-electron chi connectivity index (χ4n) is 2.89. The second-order valence-electron chi connectivity index (χ2n) is 4.87. The monoisotopic (exact) mass is 243 g/mol. The first-order valence-corrected chi connectivity index (χ1v) is 8.07. The van der Waals surface area contributed by atoms with E-state index in [0.29, 0.717) is 23.5 Å². The summed E-state index contributed by atoms with van der Waals surface area (Å²) in [5, 5.41) is 3.47. The van der Waals surface area contributed by atoms with Gasteiger partial charge >= 0.3 is 0 Å². The molecule has 1 heterocycles. The lowest BCUT2D eigenvalue weighted by Gasteiger charge is -2.25. The van der Waals surface area contributed by atoms with E-state index in [9.17, 15) is 8.42 Å². The van der Waals surface area contributed by atoms with Gasteiger partial charge in [0.05, 0.1) is 11.5 Å². The normalized spacial score (nSPS) is 30.3. The summed E-state index contributed by atoms with van der Waals surface area (Å²) in [6.07, 6.45) is 6.68. The van der Waals surface area contributed by atoms with Crippen LogP contribution in [-0.4, -0.2) is 32.5 Å². The number of allylic oxidation sites excluding steroid dienone is 1. The highest BCUT2D eigenvalue weighted by Gasteiger charge is 2.35. The molecule has 0 aromatic rings. The van der Waals surface area contributed by atoms with E-state index < -0.39 is 9.84 Å². The molecule has 0 aromatic carbocycles. The Morgan fingerprint density at radius 1 is 1.56 bits per heavy atom. The van der Waals surface area contributed by atoms with Gasteiger partial charge < -0.3 is 5.32 Å². The number of sulfone groups is 1. The largest absolute Gasteiger partial charge is 0.310 e. The Morgan fingerprint density at radius 3 is 2.88 bits per heavy atom. The van der Waals surface area contributed by atoms with Gasteiger partial charge in [0.15, 0.2) is 9.84 Å². The summed E-state index contributed by atoms with van der Waals surface area (Å²) in [5.41, 5.74) is 1.45. The summed E-state index contributed by atoms with van der Waals surface area (Å²) in [5.74, 6) is 1.06. The Hall–Kier alpha value is -0.350. The van der Waals surface area contributed by atoms with Crippen molar-refractivity contribution in [3.05, 3.63) is 11.6 Å². The molecule has 2 aliphatic rings. The van der Waals surface area contributed by atoms with Crippen molar-refractivity contribution in [1.29, 1.82) is 0 Å². The van der Waals surface area contributed by atoms with E-state index in [-0.39, 0.29) is 0 Å². The minimum Gasteiger partial charge on any atom is -0.310 e. The topological polar surface area (TPSA) is 46.2 Å². The highest BCUT2D eigenvalue weighted by atomic mass is 32.2. The summed E-state index contributed by atoms with van der Waals surface area (Å²) in [6, 6.07) is 0.310. The van der Waals surface area contributed by atoms with Crippen molar-refractivity contribution < 1.29 is 8.42 Å². The number of hydrogen-bond acceptors (Lipinski definition) is 3. The van der Waals surface area contributed by atoms with E-state index in [1.807, 2.05) is 0 Å². The number of likely N-dealkylation sites (N-methyl/N-ethyl adjacent to an activating group) is 1. The second-order valence-corrected chi connectivity index (χ2v) is 7.10. The SMILES string of the molecule is CCNC(C1=CCCC1)C1CCS(=O)(=O)C1. The molecule has 0 aromatic heterocycles. The highest BCUT2D eigenvalue weighted by molar-refractivity contribution is 7.91. The van der Waals surface area contributed by atoms with Crippen LogP contribution in [0, 0.1) is 5.92 Å². The third-order valence-corrected chi connectivity index (χ3v) is 5.43. The van der Waals surface area contributed by atoms with Gasteiger partial charge in [-0.25, -0.2) is 8.42 Å². The van der Waals surface area contributed by atoms with Crippen LogP contribution in [0.3, 0.4) is 0 Å². The van der Waals surface area contributed by atoms with Crippen LogP contribution >= 0.6 is 0 Å². The zero-order valence-corrected chi connectivity index (χ0v) is 10.7. The van der Waals surface area contributed by atoms with Crippen LogP contribution < -0.4 is 5.32 Å². The number of nitrogens with one attached hydrogen (secondary N) is 1. The Balaban J connectivity index is 2.08. The van der Waals surface area contributed by atoms with Gasteiger partial charge in [0.25, 0.3) is 0 Å². The van der Waals surface area contributed by atoms with Crippen molar-refractivity contribution >= 4 is 9.84 Å². The Bertz CT molecular complexity index is 372. The van der Waals surface area contributed by atoms with Crippen LogP contribution in [0.15, 0.2) is 11.6 Å². The van der Waals surface area contributed by atoms with Crippen LogP contribution in [0.5, 0.6) is 0 Å². The lowest BCUT2D eigenvalue weighted by Crippen LogP contribution is -2.38. The number of hydrogen-bond donors (Lipinski definition) is 1. The van der Waals surface area contributed by atoms with Gasteiger partial charge in [0, 0.05) is 6.04 Å². The van der Waals surface area contributed by atoms with Gasteiger partial charge in [-0.1, -0.05) is 18.6 Å². The second kappa shape index (κ2) is 4.88. The van der Waals surface area contributed by atoms with Crippen LogP contribution in [0.4, 0.5) is 0 Å². The maximum absolute atomic E-state index is 11.5. The lowest BCUT2D eigenvalue weighted by atomic mass is 9.92. The summed E-state index contributed by atoms with van der Waals surface area (Å²) < 4.78 is 23.0. The van der Waals surface area contributed by atoms with Crippen molar-refractivity contribution in [2.24, 2.45) is 5.92 Å². The lowest BCUT2D eigenvalue weighted by molar-refractivity contribution is 0.427. The molecule has 92 valence electrons. The van der Waals surface area contributed by atoms with E-state index in [2.05, 4.69) is 18.3 Å². The Kier molecular flexibility index (Phi) is 3.70. The molecule has 1 fully saturated rings. The molecule has 1 saturated heterocycles. The van der Waals surface area contributed by atoms with Gasteiger partial charge in [-0.15, -0.1) is 0 Å². The average Bonchev–Trinajstić information content (AvgIpc) is 2.83. The van der Waals surface area contributed by atoms with E-state index in [1.54, 1.807) is 0 Å². The summed E-state index contributed by atoms with van der Waals surface area (Å²) in [6.45, 7) is 3.00. The molecule has 3 nitrogen and oxygen atoms in total. The standard InChI is InChI=1S/C12H21NO2S/c1-2-13-12(10-5-3-4-6-10)11-7-8-16(14,15)9-11/h5,11-13H,2-4,6-9H2,1H3. The molecule has 1 aliphatic carbocycles. The predicted molar refractivity (Wildman–Crippen MR) is 66.2 cm³/mol. The van der Waals surface area contributed by atoms with Crippen molar-refractivity contribution in [1.82, 2.24) is 5.32 Å². The van der Waals surface area contributed by atoms with Crippen molar-refractivity contribution in [3.63, 3.8) is 0 Å². The molecule has 0 saturated carbocycles. The zero-order chi connectivity index (χ0) is 11.6. The highest BCUT2D eigenvalue weighted by Crippen LogP contribution is 2.30.